The minimum Gasteiger partial charge on any atom is -0.350 e. The summed E-state index contributed by atoms with van der Waals surface area (Å²) in [6.45, 7) is 6.25. The summed E-state index contributed by atoms with van der Waals surface area (Å²) in [6.07, 6.45) is 0. The van der Waals surface area contributed by atoms with E-state index in [0.29, 0.717) is 22.6 Å². The molecule has 3 rings (SSSR count). The van der Waals surface area contributed by atoms with E-state index in [9.17, 15) is 9.59 Å². The number of nitrogens with zero attached hydrogens (tertiary/aromatic N) is 2. The molecule has 26 heavy (non-hydrogen) atoms. The Morgan fingerprint density at radius 2 is 2.00 bits per heavy atom. The maximum Gasteiger partial charge on any atom is 0.262 e. The summed E-state index contributed by atoms with van der Waals surface area (Å²) in [5, 5.41) is 5.74. The highest BCUT2D eigenvalue weighted by molar-refractivity contribution is 8.00. The summed E-state index contributed by atoms with van der Waals surface area (Å²) < 4.78 is 1.66. The van der Waals surface area contributed by atoms with Crippen molar-refractivity contribution in [2.45, 2.75) is 43.8 Å². The van der Waals surface area contributed by atoms with Gasteiger partial charge in [-0.2, -0.15) is 0 Å². The molecule has 2 heterocycles. The maximum absolute atomic E-state index is 12.8. The fraction of sp³-hybridized carbons (Fsp3) is 0.316. The summed E-state index contributed by atoms with van der Waals surface area (Å²) in [4.78, 5) is 31.0. The lowest BCUT2D eigenvalue weighted by Gasteiger charge is -2.18. The largest absolute Gasteiger partial charge is 0.350 e. The molecule has 0 spiro atoms. The third-order valence-corrected chi connectivity index (χ3v) is 5.90. The Balaban J connectivity index is 1.83. The van der Waals surface area contributed by atoms with Gasteiger partial charge in [0.05, 0.1) is 22.7 Å². The van der Waals surface area contributed by atoms with Crippen LogP contribution in [0.4, 0.5) is 0 Å². The van der Waals surface area contributed by atoms with Gasteiger partial charge in [-0.1, -0.05) is 30.0 Å². The van der Waals surface area contributed by atoms with E-state index in [2.05, 4.69) is 10.3 Å². The molecule has 0 radical (unpaired) electrons. The van der Waals surface area contributed by atoms with E-state index in [-0.39, 0.29) is 22.8 Å². The molecule has 1 aromatic carbocycles. The molecule has 1 atom stereocenters. The Hall–Kier alpha value is -2.12. The first-order valence-electron chi connectivity index (χ1n) is 8.45. The predicted octanol–water partition coefficient (Wildman–Crippen LogP) is 3.84. The fourth-order valence-corrected chi connectivity index (χ4v) is 4.32. The van der Waals surface area contributed by atoms with E-state index in [4.69, 9.17) is 0 Å². The van der Waals surface area contributed by atoms with Crippen LogP contribution in [-0.2, 0) is 11.3 Å². The van der Waals surface area contributed by atoms with Gasteiger partial charge in [-0.15, -0.1) is 11.3 Å². The Kier molecular flexibility index (Phi) is 5.78. The zero-order chi connectivity index (χ0) is 18.7. The summed E-state index contributed by atoms with van der Waals surface area (Å²) in [5.41, 5.74) is 0.586. The summed E-state index contributed by atoms with van der Waals surface area (Å²) in [6, 6.07) is 11.2. The number of thiophene rings is 1. The van der Waals surface area contributed by atoms with Gasteiger partial charge in [0.2, 0.25) is 5.91 Å². The van der Waals surface area contributed by atoms with Gasteiger partial charge in [0.25, 0.3) is 5.56 Å². The highest BCUT2D eigenvalue weighted by atomic mass is 32.2. The highest BCUT2D eigenvalue weighted by Crippen LogP contribution is 2.25. The number of benzene rings is 1. The molecule has 2 aromatic heterocycles. The van der Waals surface area contributed by atoms with E-state index in [1.54, 1.807) is 22.0 Å². The summed E-state index contributed by atoms with van der Waals surface area (Å²) >= 11 is 2.93. The van der Waals surface area contributed by atoms with E-state index in [1.807, 2.05) is 56.5 Å². The number of thioether (sulfide) groups is 1. The molecular formula is C19H21N3O2S2. The van der Waals surface area contributed by atoms with E-state index >= 15 is 0 Å². The second kappa shape index (κ2) is 8.05. The third-order valence-electron chi connectivity index (χ3n) is 3.96. The van der Waals surface area contributed by atoms with Gasteiger partial charge >= 0.3 is 0 Å². The van der Waals surface area contributed by atoms with Crippen molar-refractivity contribution in [2.75, 3.05) is 0 Å². The Morgan fingerprint density at radius 3 is 2.69 bits per heavy atom. The molecule has 1 N–H and O–H groups in total. The first kappa shape index (κ1) is 18.7. The average molecular weight is 388 g/mol. The van der Waals surface area contributed by atoms with E-state index in [1.165, 1.54) is 11.8 Å². The van der Waals surface area contributed by atoms with Crippen LogP contribution in [0, 0.1) is 0 Å². The molecule has 0 saturated heterocycles. The molecule has 0 saturated carbocycles. The molecule has 0 aliphatic carbocycles. The van der Waals surface area contributed by atoms with Crippen LogP contribution in [0.5, 0.6) is 0 Å². The Labute approximate surface area is 160 Å². The van der Waals surface area contributed by atoms with Crippen molar-refractivity contribution in [3.05, 3.63) is 57.0 Å². The number of hydrogen-bond acceptors (Lipinski definition) is 5. The molecule has 0 aliphatic heterocycles. The SMILES string of the molecule is CC(C)n1c(S[C@H](C)C(=O)NCc2cccs2)nc2ccccc2c1=O. The van der Waals surface area contributed by atoms with Crippen molar-refractivity contribution in [2.24, 2.45) is 0 Å². The van der Waals surface area contributed by atoms with Gasteiger partial charge in [0.15, 0.2) is 5.16 Å². The number of rotatable bonds is 6. The van der Waals surface area contributed by atoms with Crippen LogP contribution >= 0.6 is 23.1 Å². The predicted molar refractivity (Wildman–Crippen MR) is 108 cm³/mol. The monoisotopic (exact) mass is 387 g/mol. The van der Waals surface area contributed by atoms with E-state index in [0.717, 1.165) is 4.88 Å². The Morgan fingerprint density at radius 1 is 1.23 bits per heavy atom. The number of para-hydroxylation sites is 1. The number of nitrogens with one attached hydrogen (secondary N) is 1. The first-order chi connectivity index (χ1) is 12.5. The minimum absolute atomic E-state index is 0.0384. The number of aromatic nitrogens is 2. The molecular weight excluding hydrogens is 366 g/mol. The van der Waals surface area contributed by atoms with Crippen LogP contribution in [0.3, 0.4) is 0 Å². The summed E-state index contributed by atoms with van der Waals surface area (Å²) in [5.74, 6) is -0.0684. The van der Waals surface area contributed by atoms with Crippen molar-refractivity contribution in [3.8, 4) is 0 Å². The van der Waals surface area contributed by atoms with Crippen LogP contribution in [-0.4, -0.2) is 20.7 Å². The molecule has 0 fully saturated rings. The Bertz CT molecular complexity index is 965. The second-order valence-corrected chi connectivity index (χ2v) is 8.58. The normalized spacial score (nSPS) is 12.5. The number of fused-ring (bicyclic) bond motifs is 1. The fourth-order valence-electron chi connectivity index (χ4n) is 2.61. The van der Waals surface area contributed by atoms with Gasteiger partial charge in [-0.25, -0.2) is 4.98 Å². The van der Waals surface area contributed by atoms with Crippen molar-refractivity contribution < 1.29 is 4.79 Å². The smallest absolute Gasteiger partial charge is 0.262 e. The highest BCUT2D eigenvalue weighted by Gasteiger charge is 2.20. The van der Waals surface area contributed by atoms with Gasteiger partial charge in [-0.05, 0) is 44.4 Å². The standard InChI is InChI=1S/C19H21N3O2S2/c1-12(2)22-18(24)15-8-4-5-9-16(15)21-19(22)26-13(3)17(23)20-11-14-7-6-10-25-14/h4-10,12-13H,11H2,1-3H3,(H,20,23)/t13-/m1/s1. The van der Waals surface area contributed by atoms with Gasteiger partial charge in [0.1, 0.15) is 0 Å². The molecule has 136 valence electrons. The molecule has 3 aromatic rings. The van der Waals surface area contributed by atoms with Crippen LogP contribution in [0.2, 0.25) is 0 Å². The van der Waals surface area contributed by atoms with Crippen LogP contribution < -0.4 is 10.9 Å². The first-order valence-corrected chi connectivity index (χ1v) is 10.2. The van der Waals surface area contributed by atoms with Crippen molar-refractivity contribution in [1.29, 1.82) is 0 Å². The third kappa shape index (κ3) is 3.99. The summed E-state index contributed by atoms with van der Waals surface area (Å²) in [7, 11) is 0. The zero-order valence-electron chi connectivity index (χ0n) is 14.9. The number of amides is 1. The van der Waals surface area contributed by atoms with Gasteiger partial charge in [0, 0.05) is 10.9 Å². The zero-order valence-corrected chi connectivity index (χ0v) is 16.6. The van der Waals surface area contributed by atoms with Gasteiger partial charge < -0.3 is 5.32 Å². The molecule has 0 bridgehead atoms. The number of hydrogen-bond donors (Lipinski definition) is 1. The quantitative estimate of drug-likeness (QED) is 0.516. The molecule has 5 nitrogen and oxygen atoms in total. The minimum atomic E-state index is -0.354. The lowest BCUT2D eigenvalue weighted by atomic mass is 10.2. The van der Waals surface area contributed by atoms with Gasteiger partial charge in [-0.3, -0.25) is 14.2 Å². The number of carbonyl (C=O) groups is 1. The van der Waals surface area contributed by atoms with Crippen LogP contribution in [0.25, 0.3) is 10.9 Å². The lowest BCUT2D eigenvalue weighted by molar-refractivity contribution is -0.120. The van der Waals surface area contributed by atoms with Crippen molar-refractivity contribution >= 4 is 39.9 Å². The maximum atomic E-state index is 12.8. The van der Waals surface area contributed by atoms with Crippen molar-refractivity contribution in [3.63, 3.8) is 0 Å². The van der Waals surface area contributed by atoms with Crippen LogP contribution in [0.1, 0.15) is 31.7 Å². The molecule has 7 heteroatoms. The van der Waals surface area contributed by atoms with E-state index < -0.39 is 0 Å². The number of carbonyl (C=O) groups excluding carboxylic acids is 1. The lowest BCUT2D eigenvalue weighted by Crippen LogP contribution is -2.31. The van der Waals surface area contributed by atoms with Crippen molar-refractivity contribution in [1.82, 2.24) is 14.9 Å². The molecule has 0 unspecified atom stereocenters. The molecule has 1 amide bonds. The second-order valence-electron chi connectivity index (χ2n) is 6.24. The van der Waals surface area contributed by atoms with Crippen LogP contribution in [0.15, 0.2) is 51.7 Å². The topological polar surface area (TPSA) is 64.0 Å². The molecule has 0 aliphatic rings. The average Bonchev–Trinajstić information content (AvgIpc) is 3.13.